The van der Waals surface area contributed by atoms with Gasteiger partial charge in [0, 0.05) is 10.8 Å². The van der Waals surface area contributed by atoms with Crippen molar-refractivity contribution < 1.29 is 9.90 Å². The van der Waals surface area contributed by atoms with Crippen LogP contribution < -0.4 is 5.43 Å². The zero-order valence-electron chi connectivity index (χ0n) is 9.96. The number of fused-ring (bicyclic) bond motifs is 2. The Morgan fingerprint density at radius 3 is 2.21 bits per heavy atom. The third-order valence-corrected chi connectivity index (χ3v) is 3.19. The molecule has 0 aliphatic carbocycles. The monoisotopic (exact) mass is 250 g/mol. The molecule has 92 valence electrons. The van der Waals surface area contributed by atoms with E-state index in [0.717, 1.165) is 10.8 Å². The summed E-state index contributed by atoms with van der Waals surface area (Å²) in [5, 5.41) is 11.6. The van der Waals surface area contributed by atoms with Crippen molar-refractivity contribution in [3.63, 3.8) is 0 Å². The van der Waals surface area contributed by atoms with E-state index in [1.165, 1.54) is 12.1 Å². The Balaban J connectivity index is 2.54. The van der Waals surface area contributed by atoms with Crippen molar-refractivity contribution in [2.75, 3.05) is 0 Å². The van der Waals surface area contributed by atoms with E-state index in [1.54, 1.807) is 18.2 Å². The number of hydrogen-bond donors (Lipinski definition) is 1. The van der Waals surface area contributed by atoms with Crippen LogP contribution in [0.4, 0.5) is 0 Å². The van der Waals surface area contributed by atoms with Crippen LogP contribution in [0, 0.1) is 0 Å². The highest BCUT2D eigenvalue weighted by Gasteiger charge is 2.06. The second kappa shape index (κ2) is 4.21. The number of rotatable bonds is 1. The van der Waals surface area contributed by atoms with E-state index in [1.807, 2.05) is 24.3 Å². The second-order valence-electron chi connectivity index (χ2n) is 4.36. The summed E-state index contributed by atoms with van der Waals surface area (Å²) in [5.41, 5.74) is -0.0152. The van der Waals surface area contributed by atoms with Crippen molar-refractivity contribution in [3.8, 4) is 0 Å². The lowest BCUT2D eigenvalue weighted by Gasteiger charge is -1.95. The predicted molar refractivity (Wildman–Crippen MR) is 74.7 cm³/mol. The van der Waals surface area contributed by atoms with Crippen molar-refractivity contribution in [2.24, 2.45) is 0 Å². The largest absolute Gasteiger partial charge is 0.478 e. The van der Waals surface area contributed by atoms with E-state index in [4.69, 9.17) is 5.11 Å². The molecule has 0 bridgehead atoms. The molecule has 0 saturated carbocycles. The lowest BCUT2D eigenvalue weighted by molar-refractivity contribution is 0.0697. The van der Waals surface area contributed by atoms with Gasteiger partial charge in [0.15, 0.2) is 5.43 Å². The molecule has 19 heavy (non-hydrogen) atoms. The molecule has 0 aliphatic rings. The molecule has 0 saturated heterocycles. The van der Waals surface area contributed by atoms with Gasteiger partial charge in [-0.05, 0) is 22.9 Å². The fraction of sp³-hybridized carbons (Fsp3) is 0. The summed E-state index contributed by atoms with van der Waals surface area (Å²) >= 11 is 0. The van der Waals surface area contributed by atoms with Crippen LogP contribution in [0.3, 0.4) is 0 Å². The Morgan fingerprint density at radius 2 is 1.47 bits per heavy atom. The van der Waals surface area contributed by atoms with E-state index in [9.17, 15) is 9.59 Å². The maximum atomic E-state index is 12.5. The fourth-order valence-corrected chi connectivity index (χ4v) is 2.21. The molecule has 0 aromatic heterocycles. The van der Waals surface area contributed by atoms with Gasteiger partial charge in [-0.1, -0.05) is 42.5 Å². The normalized spacial score (nSPS) is 10.7. The molecule has 0 unspecified atom stereocenters. The number of carboxylic acid groups (broad SMARTS) is 1. The highest BCUT2D eigenvalue weighted by Crippen LogP contribution is 2.16. The number of aromatic carboxylic acids is 1. The Bertz CT molecular complexity index is 866. The maximum absolute atomic E-state index is 12.5. The molecule has 3 rings (SSSR count). The third kappa shape index (κ3) is 1.85. The highest BCUT2D eigenvalue weighted by atomic mass is 16.4. The summed E-state index contributed by atoms with van der Waals surface area (Å²) < 4.78 is 0. The van der Waals surface area contributed by atoms with Crippen LogP contribution in [-0.2, 0) is 0 Å². The van der Waals surface area contributed by atoms with E-state index < -0.39 is 5.97 Å². The molecule has 0 radical (unpaired) electrons. The molecule has 3 nitrogen and oxygen atoms in total. The molecule has 3 aromatic rings. The minimum absolute atomic E-state index is 0.125. The molecule has 1 N–H and O–H groups in total. The van der Waals surface area contributed by atoms with Crippen molar-refractivity contribution in [1.82, 2.24) is 0 Å². The summed E-state index contributed by atoms with van der Waals surface area (Å²) in [4.78, 5) is 23.5. The zero-order valence-corrected chi connectivity index (χ0v) is 9.96. The van der Waals surface area contributed by atoms with Crippen molar-refractivity contribution in [2.45, 2.75) is 0 Å². The van der Waals surface area contributed by atoms with Gasteiger partial charge in [-0.15, -0.1) is 0 Å². The SMILES string of the molecule is O=C(O)c1ccc2ccc3ccccc3c(=O)c2c1. The molecule has 3 heteroatoms. The van der Waals surface area contributed by atoms with Gasteiger partial charge in [-0.2, -0.15) is 0 Å². The van der Waals surface area contributed by atoms with Crippen molar-refractivity contribution in [3.05, 3.63) is 70.4 Å². The van der Waals surface area contributed by atoms with Gasteiger partial charge in [0.25, 0.3) is 0 Å². The van der Waals surface area contributed by atoms with Crippen LogP contribution in [0.2, 0.25) is 0 Å². The third-order valence-electron chi connectivity index (χ3n) is 3.19. The first-order chi connectivity index (χ1) is 9.16. The number of carbonyl (C=O) groups is 1. The van der Waals surface area contributed by atoms with E-state index in [0.29, 0.717) is 10.8 Å². The molecule has 0 amide bonds. The first-order valence-corrected chi connectivity index (χ1v) is 5.86. The van der Waals surface area contributed by atoms with Gasteiger partial charge in [-0.25, -0.2) is 4.79 Å². The van der Waals surface area contributed by atoms with Gasteiger partial charge >= 0.3 is 5.97 Å². The minimum atomic E-state index is -1.03. The van der Waals surface area contributed by atoms with Crippen LogP contribution >= 0.6 is 0 Å². The Morgan fingerprint density at radius 1 is 0.842 bits per heavy atom. The second-order valence-corrected chi connectivity index (χ2v) is 4.36. The Kier molecular flexibility index (Phi) is 2.53. The average Bonchev–Trinajstić information content (AvgIpc) is 2.57. The summed E-state index contributed by atoms with van der Waals surface area (Å²) in [6, 6.07) is 15.6. The standard InChI is InChI=1S/C16H10O3/c17-15-13-4-2-1-3-10(13)5-6-11-7-8-12(16(18)19)9-14(11)15/h1-9H,(H,18,19). The van der Waals surface area contributed by atoms with Crippen LogP contribution in [0.1, 0.15) is 10.4 Å². The summed E-state index contributed by atoms with van der Waals surface area (Å²) in [6.45, 7) is 0. The molecule has 3 aromatic carbocycles. The van der Waals surface area contributed by atoms with Crippen molar-refractivity contribution >= 4 is 27.5 Å². The Labute approximate surface area is 108 Å². The first kappa shape index (κ1) is 11.4. The van der Waals surface area contributed by atoms with Crippen LogP contribution in [0.15, 0.2) is 59.4 Å². The summed E-state index contributed by atoms with van der Waals surface area (Å²) in [6.07, 6.45) is 0. The molecule has 0 atom stereocenters. The van der Waals surface area contributed by atoms with E-state index in [-0.39, 0.29) is 11.0 Å². The number of hydrogen-bond acceptors (Lipinski definition) is 2. The quantitative estimate of drug-likeness (QED) is 0.722. The molecule has 0 fully saturated rings. The Hall–Kier alpha value is -2.68. The van der Waals surface area contributed by atoms with Crippen LogP contribution in [0.25, 0.3) is 21.5 Å². The minimum Gasteiger partial charge on any atom is -0.478 e. The average molecular weight is 250 g/mol. The smallest absolute Gasteiger partial charge is 0.335 e. The first-order valence-electron chi connectivity index (χ1n) is 5.86. The molecular formula is C16H10O3. The summed E-state index contributed by atoms with van der Waals surface area (Å²) in [5.74, 6) is -1.03. The van der Waals surface area contributed by atoms with Gasteiger partial charge in [0.2, 0.25) is 0 Å². The van der Waals surface area contributed by atoms with E-state index >= 15 is 0 Å². The summed E-state index contributed by atoms with van der Waals surface area (Å²) in [7, 11) is 0. The number of carboxylic acids is 1. The lowest BCUT2D eigenvalue weighted by atomic mass is 10.1. The van der Waals surface area contributed by atoms with Gasteiger partial charge in [0.1, 0.15) is 0 Å². The molecule has 0 heterocycles. The van der Waals surface area contributed by atoms with Crippen LogP contribution in [-0.4, -0.2) is 11.1 Å². The fourth-order valence-electron chi connectivity index (χ4n) is 2.21. The molecule has 0 spiro atoms. The van der Waals surface area contributed by atoms with Crippen LogP contribution in [0.5, 0.6) is 0 Å². The highest BCUT2D eigenvalue weighted by molar-refractivity contribution is 5.97. The maximum Gasteiger partial charge on any atom is 0.335 e. The van der Waals surface area contributed by atoms with Gasteiger partial charge in [0.05, 0.1) is 5.56 Å². The molecular weight excluding hydrogens is 240 g/mol. The van der Waals surface area contributed by atoms with Gasteiger partial charge in [-0.3, -0.25) is 4.79 Å². The topological polar surface area (TPSA) is 54.4 Å². The van der Waals surface area contributed by atoms with E-state index in [2.05, 4.69) is 0 Å². The lowest BCUT2D eigenvalue weighted by Crippen LogP contribution is -2.01. The molecule has 0 aliphatic heterocycles. The zero-order chi connectivity index (χ0) is 13.4. The van der Waals surface area contributed by atoms with Crippen molar-refractivity contribution in [1.29, 1.82) is 0 Å². The number of benzene rings is 2. The predicted octanol–water partition coefficient (Wildman–Crippen LogP) is 3.05. The van der Waals surface area contributed by atoms with Gasteiger partial charge < -0.3 is 5.11 Å².